The van der Waals surface area contributed by atoms with Crippen LogP contribution < -0.4 is 10.6 Å². The van der Waals surface area contributed by atoms with Gasteiger partial charge in [0, 0.05) is 12.1 Å². The molecule has 1 rings (SSSR count). The molecule has 1 saturated heterocycles. The molecule has 0 aliphatic carbocycles. The normalized spacial score (nSPS) is 22.5. The van der Waals surface area contributed by atoms with Crippen LogP contribution in [0.5, 0.6) is 0 Å². The first-order valence-electron chi connectivity index (χ1n) is 5.89. The highest BCUT2D eigenvalue weighted by molar-refractivity contribution is 5.92. The van der Waals surface area contributed by atoms with Crippen LogP contribution in [-0.2, 0) is 4.79 Å². The maximum atomic E-state index is 11.6. The van der Waals surface area contributed by atoms with Gasteiger partial charge in [0.15, 0.2) is 0 Å². The van der Waals surface area contributed by atoms with Crippen molar-refractivity contribution >= 4 is 5.91 Å². The summed E-state index contributed by atoms with van der Waals surface area (Å²) >= 11 is 0. The lowest BCUT2D eigenvalue weighted by Gasteiger charge is -2.22. The summed E-state index contributed by atoms with van der Waals surface area (Å²) in [5, 5.41) is 6.34. The molecule has 0 saturated carbocycles. The van der Waals surface area contributed by atoms with Gasteiger partial charge in [-0.25, -0.2) is 0 Å². The van der Waals surface area contributed by atoms with Crippen molar-refractivity contribution in [1.29, 1.82) is 0 Å². The Morgan fingerprint density at radius 2 is 2.40 bits per heavy atom. The molecule has 0 radical (unpaired) electrons. The lowest BCUT2D eigenvalue weighted by Crippen LogP contribution is -2.38. The van der Waals surface area contributed by atoms with Crippen molar-refractivity contribution in [3.05, 3.63) is 11.6 Å². The summed E-state index contributed by atoms with van der Waals surface area (Å²) in [5.74, 6) is 0.694. The van der Waals surface area contributed by atoms with Crippen molar-refractivity contribution in [3.63, 3.8) is 0 Å². The van der Waals surface area contributed by atoms with Crippen LogP contribution in [0.4, 0.5) is 0 Å². The maximum Gasteiger partial charge on any atom is 0.246 e. The van der Waals surface area contributed by atoms with Crippen LogP contribution in [-0.4, -0.2) is 25.5 Å². The molecule has 0 aromatic rings. The summed E-state index contributed by atoms with van der Waals surface area (Å²) in [7, 11) is 0. The monoisotopic (exact) mass is 210 g/mol. The number of amides is 1. The van der Waals surface area contributed by atoms with Gasteiger partial charge in [-0.15, -0.1) is 0 Å². The highest BCUT2D eigenvalue weighted by Gasteiger charge is 2.13. The van der Waals surface area contributed by atoms with E-state index >= 15 is 0 Å². The minimum atomic E-state index is 0.0856. The standard InChI is InChI=1S/C12H22N2O/c1-3-5-10(2)12(15)14-9-11-6-4-7-13-8-11/h5,11,13H,3-4,6-9H2,1-2H3,(H,14,15)/b10-5-/t11-/m1/s1. The van der Waals surface area contributed by atoms with E-state index in [-0.39, 0.29) is 5.91 Å². The van der Waals surface area contributed by atoms with Crippen molar-refractivity contribution in [2.45, 2.75) is 33.1 Å². The van der Waals surface area contributed by atoms with Crippen molar-refractivity contribution in [1.82, 2.24) is 10.6 Å². The van der Waals surface area contributed by atoms with E-state index in [1.807, 2.05) is 19.9 Å². The van der Waals surface area contributed by atoms with Gasteiger partial charge in [-0.2, -0.15) is 0 Å². The molecule has 3 heteroatoms. The Morgan fingerprint density at radius 3 is 3.00 bits per heavy atom. The molecule has 0 aromatic heterocycles. The quantitative estimate of drug-likeness (QED) is 0.690. The van der Waals surface area contributed by atoms with Gasteiger partial charge in [0.1, 0.15) is 0 Å². The molecular formula is C12H22N2O. The van der Waals surface area contributed by atoms with E-state index in [4.69, 9.17) is 0 Å². The Bertz CT molecular complexity index is 230. The molecule has 0 bridgehead atoms. The fourth-order valence-electron chi connectivity index (χ4n) is 1.87. The number of rotatable bonds is 4. The maximum absolute atomic E-state index is 11.6. The third kappa shape index (κ3) is 4.47. The summed E-state index contributed by atoms with van der Waals surface area (Å²) in [6, 6.07) is 0. The Kier molecular flexibility index (Phi) is 5.40. The predicted molar refractivity (Wildman–Crippen MR) is 62.7 cm³/mol. The topological polar surface area (TPSA) is 41.1 Å². The molecule has 0 aromatic carbocycles. The Labute approximate surface area is 92.3 Å². The highest BCUT2D eigenvalue weighted by atomic mass is 16.1. The van der Waals surface area contributed by atoms with Gasteiger partial charge in [0.25, 0.3) is 0 Å². The van der Waals surface area contributed by atoms with E-state index in [0.29, 0.717) is 5.92 Å². The fraction of sp³-hybridized carbons (Fsp3) is 0.750. The zero-order valence-corrected chi connectivity index (χ0v) is 9.81. The second-order valence-electron chi connectivity index (χ2n) is 4.22. The van der Waals surface area contributed by atoms with E-state index in [0.717, 1.165) is 31.6 Å². The molecule has 1 fully saturated rings. The second kappa shape index (κ2) is 6.62. The van der Waals surface area contributed by atoms with Crippen molar-refractivity contribution in [3.8, 4) is 0 Å². The average molecular weight is 210 g/mol. The lowest BCUT2D eigenvalue weighted by atomic mass is 10.00. The molecule has 1 aliphatic heterocycles. The number of carbonyl (C=O) groups excluding carboxylic acids is 1. The third-order valence-electron chi connectivity index (χ3n) is 2.82. The fourth-order valence-corrected chi connectivity index (χ4v) is 1.87. The van der Waals surface area contributed by atoms with Gasteiger partial charge in [0.2, 0.25) is 5.91 Å². The molecule has 1 atom stereocenters. The minimum absolute atomic E-state index is 0.0856. The predicted octanol–water partition coefficient (Wildman–Crippen LogP) is 1.46. The summed E-state index contributed by atoms with van der Waals surface area (Å²) in [4.78, 5) is 11.6. The summed E-state index contributed by atoms with van der Waals surface area (Å²) in [6.45, 7) is 6.89. The van der Waals surface area contributed by atoms with Gasteiger partial charge < -0.3 is 10.6 Å². The van der Waals surface area contributed by atoms with E-state index in [2.05, 4.69) is 10.6 Å². The molecular weight excluding hydrogens is 188 g/mol. The Morgan fingerprint density at radius 1 is 1.60 bits per heavy atom. The van der Waals surface area contributed by atoms with Crippen LogP contribution in [0, 0.1) is 5.92 Å². The van der Waals surface area contributed by atoms with E-state index in [1.165, 1.54) is 12.8 Å². The number of allylic oxidation sites excluding steroid dienone is 1. The van der Waals surface area contributed by atoms with Crippen LogP contribution in [0.3, 0.4) is 0 Å². The number of hydrogen-bond donors (Lipinski definition) is 2. The first kappa shape index (κ1) is 12.2. The van der Waals surface area contributed by atoms with Crippen LogP contribution in [0.25, 0.3) is 0 Å². The van der Waals surface area contributed by atoms with Crippen molar-refractivity contribution < 1.29 is 4.79 Å². The second-order valence-corrected chi connectivity index (χ2v) is 4.22. The van der Waals surface area contributed by atoms with Crippen LogP contribution in [0.1, 0.15) is 33.1 Å². The summed E-state index contributed by atoms with van der Waals surface area (Å²) in [6.07, 6.45) is 5.34. The largest absolute Gasteiger partial charge is 0.352 e. The first-order valence-corrected chi connectivity index (χ1v) is 5.89. The van der Waals surface area contributed by atoms with Crippen LogP contribution in [0.15, 0.2) is 11.6 Å². The van der Waals surface area contributed by atoms with Gasteiger partial charge in [0.05, 0.1) is 0 Å². The molecule has 86 valence electrons. The zero-order chi connectivity index (χ0) is 11.1. The Hall–Kier alpha value is -0.830. The van der Waals surface area contributed by atoms with Crippen molar-refractivity contribution in [2.24, 2.45) is 5.92 Å². The van der Waals surface area contributed by atoms with E-state index in [9.17, 15) is 4.79 Å². The third-order valence-corrected chi connectivity index (χ3v) is 2.82. The van der Waals surface area contributed by atoms with E-state index < -0.39 is 0 Å². The number of nitrogens with one attached hydrogen (secondary N) is 2. The Balaban J connectivity index is 2.23. The number of piperidine rings is 1. The molecule has 0 spiro atoms. The molecule has 3 nitrogen and oxygen atoms in total. The van der Waals surface area contributed by atoms with Gasteiger partial charge in [-0.1, -0.05) is 13.0 Å². The van der Waals surface area contributed by atoms with Crippen LogP contribution >= 0.6 is 0 Å². The minimum Gasteiger partial charge on any atom is -0.352 e. The summed E-state index contributed by atoms with van der Waals surface area (Å²) < 4.78 is 0. The zero-order valence-electron chi connectivity index (χ0n) is 9.81. The summed E-state index contributed by atoms with van der Waals surface area (Å²) in [5.41, 5.74) is 0.835. The van der Waals surface area contributed by atoms with Crippen molar-refractivity contribution in [2.75, 3.05) is 19.6 Å². The lowest BCUT2D eigenvalue weighted by molar-refractivity contribution is -0.117. The van der Waals surface area contributed by atoms with Gasteiger partial charge in [-0.3, -0.25) is 4.79 Å². The van der Waals surface area contributed by atoms with Crippen LogP contribution in [0.2, 0.25) is 0 Å². The first-order chi connectivity index (χ1) is 7.24. The number of hydrogen-bond acceptors (Lipinski definition) is 2. The SMILES string of the molecule is CC/C=C(/C)C(=O)NC[C@@H]1CCCNC1. The molecule has 1 heterocycles. The van der Waals surface area contributed by atoms with E-state index in [1.54, 1.807) is 0 Å². The molecule has 0 unspecified atom stereocenters. The number of carbonyl (C=O) groups is 1. The van der Waals surface area contributed by atoms with Gasteiger partial charge in [-0.05, 0) is 45.2 Å². The molecule has 1 aliphatic rings. The molecule has 15 heavy (non-hydrogen) atoms. The van der Waals surface area contributed by atoms with Gasteiger partial charge >= 0.3 is 0 Å². The smallest absolute Gasteiger partial charge is 0.246 e. The highest BCUT2D eigenvalue weighted by Crippen LogP contribution is 2.08. The molecule has 1 amide bonds. The molecule has 2 N–H and O–H groups in total. The average Bonchev–Trinajstić information content (AvgIpc) is 2.27.